The average molecular weight is 469 g/mol. The van der Waals surface area contributed by atoms with Gasteiger partial charge in [-0.05, 0) is 43.5 Å². The van der Waals surface area contributed by atoms with Crippen molar-refractivity contribution in [1.82, 2.24) is 25.1 Å². The molecule has 32 heavy (non-hydrogen) atoms. The summed E-state index contributed by atoms with van der Waals surface area (Å²) in [5.41, 5.74) is 4.52. The summed E-state index contributed by atoms with van der Waals surface area (Å²) in [5.74, 6) is -0.377. The van der Waals surface area contributed by atoms with E-state index in [1.165, 1.54) is 17.4 Å². The molecule has 7 nitrogen and oxygen atoms in total. The highest BCUT2D eigenvalue weighted by Crippen LogP contribution is 2.43. The maximum Gasteiger partial charge on any atom is 0.320 e. The van der Waals surface area contributed by atoms with Gasteiger partial charge < -0.3 is 5.32 Å². The lowest BCUT2D eigenvalue weighted by atomic mass is 10.0. The molecule has 10 heteroatoms. The number of nitrogens with one attached hydrogen (secondary N) is 2. The van der Waals surface area contributed by atoms with Crippen LogP contribution in [0.2, 0.25) is 5.15 Å². The van der Waals surface area contributed by atoms with Gasteiger partial charge in [-0.15, -0.1) is 0 Å². The van der Waals surface area contributed by atoms with Crippen molar-refractivity contribution >= 4 is 34.1 Å². The second-order valence-electron chi connectivity index (χ2n) is 7.26. The molecule has 1 aliphatic carbocycles. The van der Waals surface area contributed by atoms with E-state index in [4.69, 9.17) is 16.7 Å². The van der Waals surface area contributed by atoms with Crippen molar-refractivity contribution < 1.29 is 9.18 Å². The Morgan fingerprint density at radius 3 is 2.81 bits per heavy atom. The van der Waals surface area contributed by atoms with E-state index in [0.717, 1.165) is 52.3 Å². The second-order valence-corrected chi connectivity index (χ2v) is 8.65. The van der Waals surface area contributed by atoms with Gasteiger partial charge in [0.15, 0.2) is 5.13 Å². The molecule has 5 rings (SSSR count). The predicted octanol–water partition coefficient (Wildman–Crippen LogP) is 5.09. The highest BCUT2D eigenvalue weighted by molar-refractivity contribution is 7.19. The third kappa shape index (κ3) is 3.63. The highest BCUT2D eigenvalue weighted by Gasteiger charge is 2.29. The van der Waals surface area contributed by atoms with Crippen molar-refractivity contribution in [1.29, 1.82) is 0 Å². The number of nitrogens with zero attached hydrogens (tertiary/aromatic N) is 4. The molecule has 0 radical (unpaired) electrons. The zero-order valence-electron chi connectivity index (χ0n) is 17.0. The zero-order chi connectivity index (χ0) is 22.2. The quantitative estimate of drug-likeness (QED) is 0.410. The fraction of sp³-hybridized carbons (Fsp3) is 0.182. The number of aryl methyl sites for hydroxylation is 1. The number of pyridine rings is 1. The van der Waals surface area contributed by atoms with Gasteiger partial charge in [-0.1, -0.05) is 35.1 Å². The summed E-state index contributed by atoms with van der Waals surface area (Å²) in [4.78, 5) is 21.5. The molecule has 2 N–H and O–H groups in total. The average Bonchev–Trinajstić information content (AvgIpc) is 3.31. The molecule has 162 valence electrons. The predicted molar refractivity (Wildman–Crippen MR) is 123 cm³/mol. The second kappa shape index (κ2) is 8.33. The van der Waals surface area contributed by atoms with Crippen LogP contribution in [-0.4, -0.2) is 32.8 Å². The van der Waals surface area contributed by atoms with Gasteiger partial charge in [0, 0.05) is 24.4 Å². The molecule has 1 aliphatic rings. The van der Waals surface area contributed by atoms with E-state index in [-0.39, 0.29) is 11.8 Å². The first-order valence-electron chi connectivity index (χ1n) is 10.0. The molecular weight excluding hydrogens is 451 g/mol. The highest BCUT2D eigenvalue weighted by atomic mass is 35.5. The number of carbonyl (C=O) groups excluding carboxylic acids is 1. The Balaban J connectivity index is 1.75. The minimum Gasteiger partial charge on any atom is -0.341 e. The number of thiazole rings is 1. The molecule has 0 unspecified atom stereocenters. The van der Waals surface area contributed by atoms with Crippen molar-refractivity contribution in [3.8, 4) is 27.5 Å². The van der Waals surface area contributed by atoms with E-state index >= 15 is 0 Å². The van der Waals surface area contributed by atoms with Gasteiger partial charge in [-0.25, -0.2) is 23.8 Å². The van der Waals surface area contributed by atoms with Crippen molar-refractivity contribution in [3.63, 3.8) is 0 Å². The Morgan fingerprint density at radius 1 is 1.22 bits per heavy atom. The van der Waals surface area contributed by atoms with Crippen LogP contribution in [0.5, 0.6) is 0 Å². The molecule has 3 aromatic heterocycles. The van der Waals surface area contributed by atoms with Crippen LogP contribution in [0.15, 0.2) is 42.6 Å². The van der Waals surface area contributed by atoms with Crippen LogP contribution in [0.1, 0.15) is 17.7 Å². The molecular formula is C22H18ClFN6OS. The maximum absolute atomic E-state index is 14.8. The topological polar surface area (TPSA) is 84.7 Å². The Labute approximate surface area is 192 Å². The summed E-state index contributed by atoms with van der Waals surface area (Å²) >= 11 is 7.34. The number of anilines is 1. The maximum atomic E-state index is 14.8. The fourth-order valence-corrected chi connectivity index (χ4v) is 4.99. The van der Waals surface area contributed by atoms with E-state index in [2.05, 4.69) is 20.6 Å². The molecule has 0 saturated heterocycles. The van der Waals surface area contributed by atoms with Crippen LogP contribution in [0.4, 0.5) is 14.3 Å². The molecule has 2 amide bonds. The lowest BCUT2D eigenvalue weighted by Gasteiger charge is -2.08. The lowest BCUT2D eigenvalue weighted by molar-refractivity contribution is 0.254. The first-order chi connectivity index (χ1) is 15.5. The third-order valence-corrected chi connectivity index (χ3v) is 6.51. The molecule has 3 heterocycles. The molecule has 0 fully saturated rings. The van der Waals surface area contributed by atoms with Gasteiger partial charge in [0.1, 0.15) is 16.7 Å². The van der Waals surface area contributed by atoms with Crippen LogP contribution >= 0.6 is 22.9 Å². The Kier molecular flexibility index (Phi) is 5.36. The van der Waals surface area contributed by atoms with Crippen LogP contribution in [0, 0.1) is 5.82 Å². The van der Waals surface area contributed by atoms with E-state index in [9.17, 15) is 9.18 Å². The summed E-state index contributed by atoms with van der Waals surface area (Å²) in [7, 11) is 1.55. The first-order valence-corrected chi connectivity index (χ1v) is 11.2. The van der Waals surface area contributed by atoms with E-state index in [1.54, 1.807) is 42.2 Å². The largest absolute Gasteiger partial charge is 0.341 e. The SMILES string of the molecule is CNC(=O)Nc1nc2c(s1)-c1c(c(-c3ccc(Cl)nc3)nn1-c1ccccc1F)CCC2. The van der Waals surface area contributed by atoms with Crippen molar-refractivity contribution in [2.45, 2.75) is 19.3 Å². The molecule has 1 aromatic carbocycles. The number of amides is 2. The number of hydrogen-bond acceptors (Lipinski definition) is 5. The lowest BCUT2D eigenvalue weighted by Crippen LogP contribution is -2.24. The monoisotopic (exact) mass is 468 g/mol. The number of carbonyl (C=O) groups is 1. The van der Waals surface area contributed by atoms with Crippen molar-refractivity contribution in [2.24, 2.45) is 0 Å². The number of urea groups is 1. The summed E-state index contributed by atoms with van der Waals surface area (Å²) in [6.45, 7) is 0. The number of benzene rings is 1. The number of aromatic nitrogens is 4. The fourth-order valence-electron chi connectivity index (χ4n) is 3.82. The molecule has 0 atom stereocenters. The zero-order valence-corrected chi connectivity index (χ0v) is 18.6. The molecule has 0 aliphatic heterocycles. The number of fused-ring (bicyclic) bond motifs is 3. The Hall–Kier alpha value is -3.30. The summed E-state index contributed by atoms with van der Waals surface area (Å²) in [6, 6.07) is 9.77. The van der Waals surface area contributed by atoms with Gasteiger partial charge in [-0.2, -0.15) is 5.10 Å². The van der Waals surface area contributed by atoms with Gasteiger partial charge in [0.05, 0.1) is 22.0 Å². The van der Waals surface area contributed by atoms with Crippen LogP contribution < -0.4 is 10.6 Å². The van der Waals surface area contributed by atoms with Gasteiger partial charge >= 0.3 is 6.03 Å². The summed E-state index contributed by atoms with van der Waals surface area (Å²) in [5, 5.41) is 11.0. The Morgan fingerprint density at radius 2 is 2.06 bits per heavy atom. The third-order valence-electron chi connectivity index (χ3n) is 5.27. The van der Waals surface area contributed by atoms with E-state index in [0.29, 0.717) is 16.0 Å². The van der Waals surface area contributed by atoms with Gasteiger partial charge in [-0.3, -0.25) is 5.32 Å². The minimum absolute atomic E-state index is 0.343. The van der Waals surface area contributed by atoms with Crippen LogP contribution in [0.3, 0.4) is 0 Å². The van der Waals surface area contributed by atoms with Crippen LogP contribution in [0.25, 0.3) is 27.5 Å². The molecule has 0 spiro atoms. The van der Waals surface area contributed by atoms with Crippen molar-refractivity contribution in [3.05, 3.63) is 64.8 Å². The number of para-hydroxylation sites is 1. The summed E-state index contributed by atoms with van der Waals surface area (Å²) < 4.78 is 16.5. The molecule has 0 saturated carbocycles. The number of rotatable bonds is 3. The Bertz CT molecular complexity index is 1320. The number of halogens is 2. The first kappa shape index (κ1) is 20.6. The standard InChI is InChI=1S/C22H18ClFN6OS/c1-25-21(31)28-22-27-15-7-4-5-13-18(12-9-10-17(23)26-11-12)29-30(19(13)20(15)32-22)16-8-3-2-6-14(16)24/h2-3,6,8-11H,4-5,7H2,1H3,(H2,25,27,28,31). The van der Waals surface area contributed by atoms with Crippen molar-refractivity contribution in [2.75, 3.05) is 12.4 Å². The number of hydrogen-bond donors (Lipinski definition) is 2. The summed E-state index contributed by atoms with van der Waals surface area (Å²) in [6.07, 6.45) is 4.02. The minimum atomic E-state index is -0.377. The normalized spacial score (nSPS) is 12.6. The van der Waals surface area contributed by atoms with E-state index in [1.807, 2.05) is 6.07 Å². The molecule has 4 aromatic rings. The molecule has 0 bridgehead atoms. The van der Waals surface area contributed by atoms with Gasteiger partial charge in [0.2, 0.25) is 0 Å². The van der Waals surface area contributed by atoms with Crippen LogP contribution in [-0.2, 0) is 12.8 Å². The van der Waals surface area contributed by atoms with E-state index < -0.39 is 0 Å². The van der Waals surface area contributed by atoms with Gasteiger partial charge in [0.25, 0.3) is 0 Å². The smallest absolute Gasteiger partial charge is 0.320 e.